The van der Waals surface area contributed by atoms with Crippen LogP contribution in [-0.2, 0) is 4.84 Å². The van der Waals surface area contributed by atoms with Crippen molar-refractivity contribution in [3.8, 4) is 5.75 Å². The van der Waals surface area contributed by atoms with Crippen LogP contribution >= 0.6 is 11.8 Å². The van der Waals surface area contributed by atoms with Crippen molar-refractivity contribution in [1.29, 1.82) is 0 Å². The maximum Gasteiger partial charge on any atom is 0.151 e. The summed E-state index contributed by atoms with van der Waals surface area (Å²) in [6, 6.07) is 10.1. The second-order valence-electron chi connectivity index (χ2n) is 8.23. The summed E-state index contributed by atoms with van der Waals surface area (Å²) in [5.41, 5.74) is 14.0. The molecule has 2 aliphatic rings. The van der Waals surface area contributed by atoms with E-state index in [1.807, 2.05) is 30.5 Å². The molecule has 1 aromatic carbocycles. The van der Waals surface area contributed by atoms with Gasteiger partial charge in [-0.15, -0.1) is 0 Å². The third-order valence-corrected chi connectivity index (χ3v) is 6.39. The van der Waals surface area contributed by atoms with E-state index in [2.05, 4.69) is 32.8 Å². The standard InChI is InChI=1S/C23H33N7O2S/c1-16(21-15-33-23(25)28-21)29-32-10-9-31-19-4-5-20-18(11-19)3-6-22(27-20)30(8-2-7-24)14-17-12-26-13-17/h3-6,11,15,17,23,26,28H,2,7-10,12-14,24-25H2,1H3/b29-16+. The van der Waals surface area contributed by atoms with Crippen molar-refractivity contribution in [1.82, 2.24) is 15.6 Å². The molecule has 0 radical (unpaired) electrons. The van der Waals surface area contributed by atoms with Crippen LogP contribution in [0.5, 0.6) is 5.75 Å². The molecule has 1 unspecified atom stereocenters. The Morgan fingerprint density at radius 2 is 2.15 bits per heavy atom. The van der Waals surface area contributed by atoms with Gasteiger partial charge in [-0.1, -0.05) is 16.9 Å². The van der Waals surface area contributed by atoms with E-state index in [1.54, 1.807) is 0 Å². The lowest BCUT2D eigenvalue weighted by molar-refractivity contribution is 0.107. The summed E-state index contributed by atoms with van der Waals surface area (Å²) in [7, 11) is 0. The lowest BCUT2D eigenvalue weighted by Gasteiger charge is -2.34. The zero-order chi connectivity index (χ0) is 23.0. The van der Waals surface area contributed by atoms with Crippen molar-refractivity contribution >= 4 is 34.2 Å². The molecule has 10 heteroatoms. The first-order valence-electron chi connectivity index (χ1n) is 11.4. The minimum atomic E-state index is -0.124. The Balaban J connectivity index is 1.30. The molecule has 2 aromatic rings. The second-order valence-corrected chi connectivity index (χ2v) is 9.24. The van der Waals surface area contributed by atoms with Gasteiger partial charge in [0.05, 0.1) is 11.2 Å². The molecule has 1 saturated heterocycles. The van der Waals surface area contributed by atoms with Gasteiger partial charge in [-0.3, -0.25) is 0 Å². The molecule has 0 amide bonds. The Morgan fingerprint density at radius 1 is 1.27 bits per heavy atom. The topological polar surface area (TPSA) is 123 Å². The van der Waals surface area contributed by atoms with Gasteiger partial charge < -0.3 is 36.6 Å². The Morgan fingerprint density at radius 3 is 2.88 bits per heavy atom. The number of benzene rings is 1. The highest BCUT2D eigenvalue weighted by Gasteiger charge is 2.21. The average Bonchev–Trinajstić information content (AvgIpc) is 3.23. The van der Waals surface area contributed by atoms with Crippen molar-refractivity contribution < 1.29 is 9.57 Å². The minimum Gasteiger partial charge on any atom is -0.490 e. The van der Waals surface area contributed by atoms with Crippen LogP contribution in [0.3, 0.4) is 0 Å². The van der Waals surface area contributed by atoms with E-state index < -0.39 is 0 Å². The van der Waals surface area contributed by atoms with Crippen LogP contribution in [0.25, 0.3) is 10.9 Å². The Bertz CT molecular complexity index is 996. The van der Waals surface area contributed by atoms with Gasteiger partial charge in [-0.05, 0) is 55.6 Å². The van der Waals surface area contributed by atoms with Gasteiger partial charge >= 0.3 is 0 Å². The molecule has 0 bridgehead atoms. The zero-order valence-electron chi connectivity index (χ0n) is 19.0. The van der Waals surface area contributed by atoms with Crippen LogP contribution in [-0.4, -0.2) is 62.1 Å². The number of oxime groups is 1. The molecule has 2 aliphatic heterocycles. The van der Waals surface area contributed by atoms with E-state index in [0.29, 0.717) is 25.7 Å². The average molecular weight is 472 g/mol. The molecule has 0 saturated carbocycles. The van der Waals surface area contributed by atoms with Gasteiger partial charge in [0.15, 0.2) is 6.61 Å². The Hall–Kier alpha value is -2.53. The summed E-state index contributed by atoms with van der Waals surface area (Å²) >= 11 is 1.52. The van der Waals surface area contributed by atoms with Gasteiger partial charge in [0.2, 0.25) is 0 Å². The van der Waals surface area contributed by atoms with E-state index in [0.717, 1.165) is 66.5 Å². The number of ether oxygens (including phenoxy) is 1. The van der Waals surface area contributed by atoms with E-state index >= 15 is 0 Å². The third-order valence-electron chi connectivity index (χ3n) is 5.61. The molecule has 1 fully saturated rings. The van der Waals surface area contributed by atoms with Crippen LogP contribution in [0.2, 0.25) is 0 Å². The molecule has 1 aromatic heterocycles. The number of rotatable bonds is 12. The molecule has 6 N–H and O–H groups in total. The predicted octanol–water partition coefficient (Wildman–Crippen LogP) is 1.80. The van der Waals surface area contributed by atoms with E-state index in [4.69, 9.17) is 26.0 Å². The lowest BCUT2D eigenvalue weighted by Crippen LogP contribution is -2.48. The predicted molar refractivity (Wildman–Crippen MR) is 135 cm³/mol. The number of nitrogens with two attached hydrogens (primary N) is 2. The van der Waals surface area contributed by atoms with Gasteiger partial charge in [0.1, 0.15) is 29.4 Å². The number of anilines is 1. The third kappa shape index (κ3) is 6.50. The number of hydrogen-bond acceptors (Lipinski definition) is 10. The molecule has 1 atom stereocenters. The Labute approximate surface area is 198 Å². The maximum absolute atomic E-state index is 5.84. The molecular formula is C23H33N7O2S. The van der Waals surface area contributed by atoms with Gasteiger partial charge in [-0.25, -0.2) is 4.98 Å². The quantitative estimate of drug-likeness (QED) is 0.208. The highest BCUT2D eigenvalue weighted by molar-refractivity contribution is 8.02. The van der Waals surface area contributed by atoms with Crippen molar-refractivity contribution in [3.63, 3.8) is 0 Å². The van der Waals surface area contributed by atoms with Crippen LogP contribution in [0.1, 0.15) is 13.3 Å². The molecule has 3 heterocycles. The number of nitrogens with zero attached hydrogens (tertiary/aromatic N) is 3. The Kier molecular flexibility index (Phi) is 8.27. The summed E-state index contributed by atoms with van der Waals surface area (Å²) in [6.45, 7) is 7.39. The first-order valence-corrected chi connectivity index (χ1v) is 12.3. The van der Waals surface area contributed by atoms with Gasteiger partial charge in [-0.2, -0.15) is 0 Å². The van der Waals surface area contributed by atoms with Gasteiger partial charge in [0.25, 0.3) is 0 Å². The SMILES string of the molecule is C/C(=N\OCCOc1ccc2nc(N(CCCN)CC3CNC3)ccc2c1)C1=CSC(N)N1. The summed E-state index contributed by atoms with van der Waals surface area (Å²) < 4.78 is 5.84. The molecule has 0 spiro atoms. The van der Waals surface area contributed by atoms with Crippen LogP contribution in [0.4, 0.5) is 5.82 Å². The zero-order valence-corrected chi connectivity index (χ0v) is 19.8. The number of fused-ring (bicyclic) bond motifs is 1. The number of nitrogens with one attached hydrogen (secondary N) is 2. The molecule has 4 rings (SSSR count). The second kappa shape index (κ2) is 11.6. The molecule has 0 aliphatic carbocycles. The lowest BCUT2D eigenvalue weighted by atomic mass is 10.0. The van der Waals surface area contributed by atoms with Crippen molar-refractivity contribution in [2.75, 3.05) is 50.8 Å². The smallest absolute Gasteiger partial charge is 0.151 e. The molecule has 33 heavy (non-hydrogen) atoms. The monoisotopic (exact) mass is 471 g/mol. The summed E-state index contributed by atoms with van der Waals surface area (Å²) in [6.07, 6.45) is 0.957. The van der Waals surface area contributed by atoms with Crippen LogP contribution in [0.15, 0.2) is 46.6 Å². The summed E-state index contributed by atoms with van der Waals surface area (Å²) in [5, 5.41) is 13.6. The highest BCUT2D eigenvalue weighted by Crippen LogP contribution is 2.24. The van der Waals surface area contributed by atoms with Crippen molar-refractivity contribution in [2.24, 2.45) is 22.5 Å². The maximum atomic E-state index is 5.84. The number of hydrogen-bond donors (Lipinski definition) is 4. The number of thioether (sulfide) groups is 1. The molecular weight excluding hydrogens is 438 g/mol. The fourth-order valence-electron chi connectivity index (χ4n) is 3.67. The first-order chi connectivity index (χ1) is 16.1. The first kappa shape index (κ1) is 23.6. The van der Waals surface area contributed by atoms with E-state index in [9.17, 15) is 0 Å². The molecule has 9 nitrogen and oxygen atoms in total. The van der Waals surface area contributed by atoms with Crippen LogP contribution in [0, 0.1) is 5.92 Å². The number of allylic oxidation sites excluding steroid dienone is 1. The summed E-state index contributed by atoms with van der Waals surface area (Å²) in [5.74, 6) is 2.46. The number of aromatic nitrogens is 1. The van der Waals surface area contributed by atoms with Crippen molar-refractivity contribution in [2.45, 2.75) is 18.8 Å². The highest BCUT2D eigenvalue weighted by atomic mass is 32.2. The fourth-order valence-corrected chi connectivity index (χ4v) is 4.39. The minimum absolute atomic E-state index is 0.124. The number of pyridine rings is 1. The largest absolute Gasteiger partial charge is 0.490 e. The van der Waals surface area contributed by atoms with E-state index in [1.165, 1.54) is 11.8 Å². The fraction of sp³-hybridized carbons (Fsp3) is 0.478. The van der Waals surface area contributed by atoms with Crippen LogP contribution < -0.4 is 31.7 Å². The molecule has 178 valence electrons. The normalized spacial score (nSPS) is 18.6. The van der Waals surface area contributed by atoms with Crippen molar-refractivity contribution in [3.05, 3.63) is 41.4 Å². The van der Waals surface area contributed by atoms with E-state index in [-0.39, 0.29) is 5.50 Å². The summed E-state index contributed by atoms with van der Waals surface area (Å²) in [4.78, 5) is 12.6. The van der Waals surface area contributed by atoms with Gasteiger partial charge in [0, 0.05) is 37.5 Å².